The van der Waals surface area contributed by atoms with E-state index in [2.05, 4.69) is 19.9 Å². The number of aromatic nitrogens is 6. The van der Waals surface area contributed by atoms with E-state index in [1.165, 1.54) is 34.8 Å². The smallest absolute Gasteiger partial charge is 0.195 e. The maximum absolute atomic E-state index is 12.2. The molecule has 0 saturated heterocycles. The van der Waals surface area contributed by atoms with Gasteiger partial charge in [0.05, 0.1) is 0 Å². The summed E-state index contributed by atoms with van der Waals surface area (Å²) in [5.41, 5.74) is 0. The summed E-state index contributed by atoms with van der Waals surface area (Å²) in [6.07, 6.45) is 16.7. The molecule has 9 heteroatoms. The van der Waals surface area contributed by atoms with Crippen LogP contribution >= 0.6 is 22.7 Å². The molecule has 4 aromatic heterocycles. The second-order valence-corrected chi connectivity index (χ2v) is 6.76. The Labute approximate surface area is 156 Å². The van der Waals surface area contributed by atoms with Crippen LogP contribution in [-0.4, -0.2) is 34.9 Å². The number of carbonyl (C=O) groups is 1. The molecule has 0 aliphatic carbocycles. The molecule has 0 aliphatic heterocycles. The third-order valence-electron chi connectivity index (χ3n) is 3.38. The van der Waals surface area contributed by atoms with E-state index in [1.54, 1.807) is 36.9 Å². The van der Waals surface area contributed by atoms with Crippen molar-refractivity contribution in [1.29, 1.82) is 0 Å². The molecule has 0 aliphatic rings. The number of allylic oxidation sites excluding steroid dienone is 2. The van der Waals surface area contributed by atoms with Gasteiger partial charge in [0.1, 0.15) is 11.6 Å². The lowest BCUT2D eigenvalue weighted by molar-refractivity contribution is -0.110. The second-order valence-electron chi connectivity index (χ2n) is 5.01. The largest absolute Gasteiger partial charge is 0.290 e. The van der Waals surface area contributed by atoms with Gasteiger partial charge in [0.15, 0.2) is 16.0 Å². The average Bonchev–Trinajstić information content (AvgIpc) is 3.44. The van der Waals surface area contributed by atoms with Crippen LogP contribution in [0, 0.1) is 0 Å². The molecule has 0 amide bonds. The van der Waals surface area contributed by atoms with E-state index in [0.29, 0.717) is 11.6 Å². The van der Waals surface area contributed by atoms with Gasteiger partial charge in [-0.15, -0.1) is 22.7 Å². The summed E-state index contributed by atoms with van der Waals surface area (Å²) in [6.45, 7) is 0. The second kappa shape index (κ2) is 7.38. The summed E-state index contributed by atoms with van der Waals surface area (Å²) < 4.78 is 3.65. The van der Waals surface area contributed by atoms with Crippen LogP contribution in [0.2, 0.25) is 0 Å². The predicted molar refractivity (Wildman–Crippen MR) is 102 cm³/mol. The number of carbonyl (C=O) groups excluding carboxylic acids is 1. The van der Waals surface area contributed by atoms with E-state index in [9.17, 15) is 4.79 Å². The van der Waals surface area contributed by atoms with E-state index < -0.39 is 0 Å². The molecule has 26 heavy (non-hydrogen) atoms. The number of nitrogens with zero attached hydrogens (tertiary/aromatic N) is 6. The molecule has 0 bridgehead atoms. The van der Waals surface area contributed by atoms with Crippen LogP contribution in [0.4, 0.5) is 0 Å². The van der Waals surface area contributed by atoms with E-state index in [1.807, 2.05) is 32.3 Å². The zero-order valence-electron chi connectivity index (χ0n) is 13.3. The van der Waals surface area contributed by atoms with Crippen LogP contribution in [0.25, 0.3) is 22.4 Å². The standard InChI is InChI=1S/C17H12N6OS2/c24-13(1-3-14-18-5-9-22(14)16-20-7-11-25-16)2-4-15-19-6-10-23(15)17-21-8-12-26-17/h1-12H/b3-1+,4-2+. The first-order valence-corrected chi connectivity index (χ1v) is 9.34. The molecule has 128 valence electrons. The quantitative estimate of drug-likeness (QED) is 0.480. The van der Waals surface area contributed by atoms with Gasteiger partial charge in [-0.2, -0.15) is 0 Å². The molecule has 0 unspecified atom stereocenters. The van der Waals surface area contributed by atoms with Gasteiger partial charge >= 0.3 is 0 Å². The predicted octanol–water partition coefficient (Wildman–Crippen LogP) is 3.27. The maximum Gasteiger partial charge on any atom is 0.195 e. The minimum atomic E-state index is -0.160. The first kappa shape index (κ1) is 16.3. The van der Waals surface area contributed by atoms with Crippen LogP contribution in [0.5, 0.6) is 0 Å². The molecule has 0 radical (unpaired) electrons. The zero-order valence-corrected chi connectivity index (χ0v) is 15.0. The Morgan fingerprint density at radius 2 is 1.27 bits per heavy atom. The number of imidazole rings is 2. The van der Waals surface area contributed by atoms with Crippen LogP contribution in [0.1, 0.15) is 11.6 Å². The molecular weight excluding hydrogens is 368 g/mol. The minimum absolute atomic E-state index is 0.160. The molecule has 0 spiro atoms. The number of hydrogen-bond acceptors (Lipinski definition) is 7. The fourth-order valence-corrected chi connectivity index (χ4v) is 3.50. The number of hydrogen-bond donors (Lipinski definition) is 0. The summed E-state index contributed by atoms with van der Waals surface area (Å²) in [5.74, 6) is 1.13. The molecule has 7 nitrogen and oxygen atoms in total. The first-order chi connectivity index (χ1) is 12.8. The number of ketones is 1. The van der Waals surface area contributed by atoms with Crippen molar-refractivity contribution >= 4 is 40.6 Å². The molecule has 4 rings (SSSR count). The summed E-state index contributed by atoms with van der Waals surface area (Å²) in [6, 6.07) is 0. The highest BCUT2D eigenvalue weighted by Crippen LogP contribution is 2.15. The van der Waals surface area contributed by atoms with Gasteiger partial charge in [0, 0.05) is 47.9 Å². The van der Waals surface area contributed by atoms with Gasteiger partial charge in [-0.05, 0) is 24.3 Å². The van der Waals surface area contributed by atoms with Crippen LogP contribution in [0.15, 0.2) is 60.1 Å². The SMILES string of the molecule is O=C(/C=C/c1nccn1-c1nccs1)/C=C/c1nccn1-c1nccs1. The van der Waals surface area contributed by atoms with Crippen molar-refractivity contribution < 1.29 is 4.79 Å². The summed E-state index contributed by atoms with van der Waals surface area (Å²) in [4.78, 5) is 29.1. The Kier molecular flexibility index (Phi) is 4.63. The highest BCUT2D eigenvalue weighted by molar-refractivity contribution is 7.12. The van der Waals surface area contributed by atoms with Gasteiger partial charge in [0.25, 0.3) is 0 Å². The van der Waals surface area contributed by atoms with E-state index in [0.717, 1.165) is 10.3 Å². The van der Waals surface area contributed by atoms with Crippen LogP contribution in [-0.2, 0) is 4.79 Å². The summed E-state index contributed by atoms with van der Waals surface area (Å²) in [7, 11) is 0. The molecule has 0 saturated carbocycles. The fraction of sp³-hybridized carbons (Fsp3) is 0. The summed E-state index contributed by atoms with van der Waals surface area (Å²) >= 11 is 3.00. The molecule has 0 N–H and O–H groups in total. The van der Waals surface area contributed by atoms with Crippen molar-refractivity contribution in [1.82, 2.24) is 29.1 Å². The van der Waals surface area contributed by atoms with E-state index in [4.69, 9.17) is 0 Å². The number of thiazole rings is 2. The van der Waals surface area contributed by atoms with Crippen molar-refractivity contribution in [3.8, 4) is 10.3 Å². The van der Waals surface area contributed by atoms with E-state index in [-0.39, 0.29) is 5.78 Å². The Morgan fingerprint density at radius 3 is 1.69 bits per heavy atom. The molecule has 0 aromatic carbocycles. The third-order valence-corrected chi connectivity index (χ3v) is 4.92. The van der Waals surface area contributed by atoms with Gasteiger partial charge in [-0.1, -0.05) is 0 Å². The van der Waals surface area contributed by atoms with Crippen LogP contribution < -0.4 is 0 Å². The molecule has 0 fully saturated rings. The van der Waals surface area contributed by atoms with Crippen molar-refractivity contribution in [3.63, 3.8) is 0 Å². The van der Waals surface area contributed by atoms with Gasteiger partial charge in [-0.3, -0.25) is 13.9 Å². The number of rotatable bonds is 6. The average molecular weight is 380 g/mol. The van der Waals surface area contributed by atoms with Crippen molar-refractivity contribution in [3.05, 3.63) is 71.7 Å². The lowest BCUT2D eigenvalue weighted by Crippen LogP contribution is -1.96. The molecule has 4 aromatic rings. The van der Waals surface area contributed by atoms with Crippen molar-refractivity contribution in [2.24, 2.45) is 0 Å². The highest BCUT2D eigenvalue weighted by atomic mass is 32.1. The van der Waals surface area contributed by atoms with Gasteiger partial charge in [-0.25, -0.2) is 19.9 Å². The molecule has 4 heterocycles. The van der Waals surface area contributed by atoms with Crippen LogP contribution in [0.3, 0.4) is 0 Å². The Hall–Kier alpha value is -3.17. The Morgan fingerprint density at radius 1 is 0.769 bits per heavy atom. The first-order valence-electron chi connectivity index (χ1n) is 7.58. The zero-order chi connectivity index (χ0) is 17.8. The normalized spacial score (nSPS) is 11.7. The lowest BCUT2D eigenvalue weighted by atomic mass is 10.3. The van der Waals surface area contributed by atoms with Gasteiger partial charge < -0.3 is 0 Å². The lowest BCUT2D eigenvalue weighted by Gasteiger charge is -1.99. The third kappa shape index (κ3) is 3.44. The molecule has 0 atom stereocenters. The van der Waals surface area contributed by atoms with E-state index >= 15 is 0 Å². The van der Waals surface area contributed by atoms with Crippen molar-refractivity contribution in [2.75, 3.05) is 0 Å². The highest BCUT2D eigenvalue weighted by Gasteiger charge is 2.06. The maximum atomic E-state index is 12.2. The topological polar surface area (TPSA) is 78.5 Å². The monoisotopic (exact) mass is 380 g/mol. The Bertz CT molecular complexity index is 972. The minimum Gasteiger partial charge on any atom is -0.290 e. The fourth-order valence-electron chi connectivity index (χ4n) is 2.24. The molecular formula is C17H12N6OS2. The van der Waals surface area contributed by atoms with Gasteiger partial charge in [0.2, 0.25) is 0 Å². The van der Waals surface area contributed by atoms with Crippen molar-refractivity contribution in [2.45, 2.75) is 0 Å². The summed E-state index contributed by atoms with van der Waals surface area (Å²) in [5, 5.41) is 5.38. The Balaban J connectivity index is 1.49.